The highest BCUT2D eigenvalue weighted by atomic mass is 127. The van der Waals surface area contributed by atoms with E-state index in [0.717, 1.165) is 9.26 Å². The lowest BCUT2D eigenvalue weighted by atomic mass is 10.2. The molecule has 1 atom stereocenters. The van der Waals surface area contributed by atoms with Crippen molar-refractivity contribution in [2.75, 3.05) is 5.32 Å². The van der Waals surface area contributed by atoms with Crippen molar-refractivity contribution in [2.45, 2.75) is 19.4 Å². The highest BCUT2D eigenvalue weighted by Crippen LogP contribution is 2.11. The van der Waals surface area contributed by atoms with Crippen LogP contribution in [0, 0.1) is 3.57 Å². The molecule has 3 nitrogen and oxygen atoms in total. The Morgan fingerprint density at radius 3 is 2.47 bits per heavy atom. The molecule has 0 fully saturated rings. The Kier molecular flexibility index (Phi) is 6.87. The molecule has 0 radical (unpaired) electrons. The Bertz CT molecular complexity index is 314. The van der Waals surface area contributed by atoms with E-state index in [4.69, 9.17) is 5.73 Å². The molecule has 15 heavy (non-hydrogen) atoms. The minimum Gasteiger partial charge on any atom is -0.327 e. The zero-order chi connectivity index (χ0) is 10.6. The van der Waals surface area contributed by atoms with Crippen LogP contribution in [0.2, 0.25) is 0 Å². The first-order valence-electron chi connectivity index (χ1n) is 4.39. The number of halogens is 2. The summed E-state index contributed by atoms with van der Waals surface area (Å²) in [5.74, 6) is -0.0405. The van der Waals surface area contributed by atoms with Crippen LogP contribution >= 0.6 is 35.0 Å². The summed E-state index contributed by atoms with van der Waals surface area (Å²) in [6.07, 6.45) is 0.353. The lowest BCUT2D eigenvalue weighted by Gasteiger charge is -2.06. The number of amides is 1. The van der Waals surface area contributed by atoms with Gasteiger partial charge in [-0.15, -0.1) is 12.4 Å². The molecule has 0 saturated carbocycles. The SMILES string of the molecule is CC(N)CC(=O)Nc1ccc(I)cc1.Cl. The van der Waals surface area contributed by atoms with E-state index in [1.807, 2.05) is 31.2 Å². The fraction of sp³-hybridized carbons (Fsp3) is 0.300. The van der Waals surface area contributed by atoms with Gasteiger partial charge in [-0.1, -0.05) is 0 Å². The summed E-state index contributed by atoms with van der Waals surface area (Å²) in [4.78, 5) is 11.3. The third-order valence-electron chi connectivity index (χ3n) is 1.64. The van der Waals surface area contributed by atoms with Gasteiger partial charge in [-0.05, 0) is 53.8 Å². The molecule has 0 saturated heterocycles. The molecule has 3 N–H and O–H groups in total. The molecule has 1 unspecified atom stereocenters. The van der Waals surface area contributed by atoms with Crippen LogP contribution in [0.15, 0.2) is 24.3 Å². The van der Waals surface area contributed by atoms with Crippen LogP contribution < -0.4 is 11.1 Å². The van der Waals surface area contributed by atoms with Gasteiger partial charge in [0.2, 0.25) is 5.91 Å². The number of carbonyl (C=O) groups is 1. The van der Waals surface area contributed by atoms with Crippen molar-refractivity contribution in [1.82, 2.24) is 0 Å². The van der Waals surface area contributed by atoms with Crippen LogP contribution in [0.4, 0.5) is 5.69 Å². The summed E-state index contributed by atoms with van der Waals surface area (Å²) >= 11 is 2.22. The normalized spacial score (nSPS) is 11.4. The average Bonchev–Trinajstić information content (AvgIpc) is 2.07. The lowest BCUT2D eigenvalue weighted by molar-refractivity contribution is -0.116. The minimum atomic E-state index is -0.0983. The fourth-order valence-electron chi connectivity index (χ4n) is 1.04. The van der Waals surface area contributed by atoms with Crippen molar-refractivity contribution in [3.63, 3.8) is 0 Å². The molecule has 1 aromatic carbocycles. The molecule has 1 rings (SSSR count). The van der Waals surface area contributed by atoms with E-state index in [9.17, 15) is 4.79 Å². The van der Waals surface area contributed by atoms with Gasteiger partial charge in [0.1, 0.15) is 0 Å². The van der Waals surface area contributed by atoms with Gasteiger partial charge < -0.3 is 11.1 Å². The molecule has 84 valence electrons. The maximum atomic E-state index is 11.3. The van der Waals surface area contributed by atoms with Gasteiger partial charge in [0.25, 0.3) is 0 Å². The van der Waals surface area contributed by atoms with Crippen LogP contribution in [0.1, 0.15) is 13.3 Å². The van der Waals surface area contributed by atoms with E-state index >= 15 is 0 Å². The van der Waals surface area contributed by atoms with Gasteiger partial charge in [-0.25, -0.2) is 0 Å². The van der Waals surface area contributed by atoms with E-state index in [0.29, 0.717) is 6.42 Å². The Labute approximate surface area is 109 Å². The smallest absolute Gasteiger partial charge is 0.225 e. The summed E-state index contributed by atoms with van der Waals surface area (Å²) < 4.78 is 1.15. The first-order valence-corrected chi connectivity index (χ1v) is 5.47. The maximum absolute atomic E-state index is 11.3. The molecule has 0 heterocycles. The van der Waals surface area contributed by atoms with Crippen molar-refractivity contribution in [1.29, 1.82) is 0 Å². The molecule has 0 aliphatic heterocycles. The van der Waals surface area contributed by atoms with Crippen LogP contribution in [0.5, 0.6) is 0 Å². The molecule has 1 amide bonds. The number of nitrogens with one attached hydrogen (secondary N) is 1. The second-order valence-corrected chi connectivity index (χ2v) is 4.48. The highest BCUT2D eigenvalue weighted by molar-refractivity contribution is 14.1. The third kappa shape index (κ3) is 5.96. The van der Waals surface area contributed by atoms with E-state index in [1.165, 1.54) is 0 Å². The number of anilines is 1. The molecule has 5 heteroatoms. The van der Waals surface area contributed by atoms with Crippen LogP contribution in [0.3, 0.4) is 0 Å². The summed E-state index contributed by atoms with van der Waals surface area (Å²) in [5, 5.41) is 2.78. The molecule has 0 spiro atoms. The summed E-state index contributed by atoms with van der Waals surface area (Å²) in [6.45, 7) is 1.81. The molecule has 0 aliphatic rings. The van der Waals surface area contributed by atoms with E-state index in [1.54, 1.807) is 0 Å². The van der Waals surface area contributed by atoms with Crippen molar-refractivity contribution in [2.24, 2.45) is 5.73 Å². The Hall–Kier alpha value is -0.330. The Morgan fingerprint density at radius 1 is 1.47 bits per heavy atom. The second-order valence-electron chi connectivity index (χ2n) is 3.24. The number of hydrogen-bond acceptors (Lipinski definition) is 2. The summed E-state index contributed by atoms with van der Waals surface area (Å²) in [6, 6.07) is 7.55. The van der Waals surface area contributed by atoms with Crippen molar-refractivity contribution < 1.29 is 4.79 Å². The Morgan fingerprint density at radius 2 is 2.00 bits per heavy atom. The van der Waals surface area contributed by atoms with Gasteiger partial charge >= 0.3 is 0 Å². The second kappa shape index (κ2) is 7.03. The van der Waals surface area contributed by atoms with E-state index < -0.39 is 0 Å². The van der Waals surface area contributed by atoms with Crippen molar-refractivity contribution >= 4 is 46.6 Å². The largest absolute Gasteiger partial charge is 0.327 e. The lowest BCUT2D eigenvalue weighted by Crippen LogP contribution is -2.23. The summed E-state index contributed by atoms with van der Waals surface area (Å²) in [7, 11) is 0. The van der Waals surface area contributed by atoms with Crippen LogP contribution in [-0.2, 0) is 4.79 Å². The van der Waals surface area contributed by atoms with Gasteiger partial charge in [-0.3, -0.25) is 4.79 Å². The predicted octanol–water partition coefficient (Wildman–Crippen LogP) is 2.39. The average molecular weight is 341 g/mol. The predicted molar refractivity (Wildman–Crippen MR) is 73.3 cm³/mol. The van der Waals surface area contributed by atoms with E-state index in [2.05, 4.69) is 27.9 Å². The highest BCUT2D eigenvalue weighted by Gasteiger charge is 2.04. The minimum absolute atomic E-state index is 0. The number of nitrogens with two attached hydrogens (primary N) is 1. The standard InChI is InChI=1S/C10H13IN2O.ClH/c1-7(12)6-10(14)13-9-4-2-8(11)3-5-9;/h2-5,7H,6,12H2,1H3,(H,13,14);1H. The van der Waals surface area contributed by atoms with Crippen LogP contribution in [-0.4, -0.2) is 11.9 Å². The molecule has 1 aromatic rings. The third-order valence-corrected chi connectivity index (χ3v) is 2.35. The molecule has 0 bridgehead atoms. The van der Waals surface area contributed by atoms with Gasteiger partial charge in [0.15, 0.2) is 0 Å². The van der Waals surface area contributed by atoms with Gasteiger partial charge in [0.05, 0.1) is 0 Å². The summed E-state index contributed by atoms with van der Waals surface area (Å²) in [5.41, 5.74) is 6.32. The number of hydrogen-bond donors (Lipinski definition) is 2. The van der Waals surface area contributed by atoms with E-state index in [-0.39, 0.29) is 24.4 Å². The Balaban J connectivity index is 0.00000196. The molecular weight excluding hydrogens is 326 g/mol. The zero-order valence-electron chi connectivity index (χ0n) is 8.37. The number of rotatable bonds is 3. The topological polar surface area (TPSA) is 55.1 Å². The zero-order valence-corrected chi connectivity index (χ0v) is 11.3. The number of benzene rings is 1. The first-order chi connectivity index (χ1) is 6.58. The number of carbonyl (C=O) groups excluding carboxylic acids is 1. The monoisotopic (exact) mass is 340 g/mol. The van der Waals surface area contributed by atoms with Gasteiger partial charge in [0, 0.05) is 21.7 Å². The molecular formula is C10H14ClIN2O. The fourth-order valence-corrected chi connectivity index (χ4v) is 1.40. The van der Waals surface area contributed by atoms with Crippen LogP contribution in [0.25, 0.3) is 0 Å². The molecule has 0 aliphatic carbocycles. The first kappa shape index (κ1) is 14.7. The van der Waals surface area contributed by atoms with Crippen molar-refractivity contribution in [3.05, 3.63) is 27.8 Å². The quantitative estimate of drug-likeness (QED) is 0.830. The van der Waals surface area contributed by atoms with Crippen molar-refractivity contribution in [3.8, 4) is 0 Å². The molecule has 0 aromatic heterocycles. The van der Waals surface area contributed by atoms with Gasteiger partial charge in [-0.2, -0.15) is 0 Å². The maximum Gasteiger partial charge on any atom is 0.225 e.